The van der Waals surface area contributed by atoms with Crippen LogP contribution in [0.25, 0.3) is 0 Å². The van der Waals surface area contributed by atoms with Gasteiger partial charge in [0.25, 0.3) is 0 Å². The Labute approximate surface area is 118 Å². The number of halogens is 3. The van der Waals surface area contributed by atoms with Gasteiger partial charge in [0.05, 0.1) is 24.1 Å². The lowest BCUT2D eigenvalue weighted by molar-refractivity contribution is -0.138. The number of hydrogen-bond acceptors (Lipinski definition) is 3. The van der Waals surface area contributed by atoms with E-state index in [0.717, 1.165) is 6.07 Å². The molecule has 0 amide bonds. The molecule has 1 N–H and O–H groups in total. The van der Waals surface area contributed by atoms with Crippen molar-refractivity contribution >= 4 is 11.8 Å². The summed E-state index contributed by atoms with van der Waals surface area (Å²) in [5, 5.41) is 9.62. The van der Waals surface area contributed by atoms with Crippen molar-refractivity contribution in [2.24, 2.45) is 7.05 Å². The average Bonchev–Trinajstić information content (AvgIpc) is 2.76. The third-order valence-corrected chi connectivity index (χ3v) is 3.98. The van der Waals surface area contributed by atoms with Crippen LogP contribution in [0, 0.1) is 0 Å². The van der Waals surface area contributed by atoms with Gasteiger partial charge in [-0.15, -0.1) is 0 Å². The Bertz CT molecular complexity index is 596. The molecule has 7 heteroatoms. The summed E-state index contributed by atoms with van der Waals surface area (Å²) >= 11 is 1.21. The van der Waals surface area contributed by atoms with Crippen LogP contribution >= 0.6 is 11.8 Å². The van der Waals surface area contributed by atoms with Gasteiger partial charge in [0.1, 0.15) is 0 Å². The molecule has 2 aromatic rings. The molecule has 0 radical (unpaired) electrons. The smallest absolute Gasteiger partial charge is 0.390 e. The molecule has 3 nitrogen and oxygen atoms in total. The van der Waals surface area contributed by atoms with Crippen molar-refractivity contribution in [2.75, 3.05) is 0 Å². The maximum atomic E-state index is 12.8. The Kier molecular flexibility index (Phi) is 4.39. The van der Waals surface area contributed by atoms with Crippen molar-refractivity contribution < 1.29 is 18.3 Å². The summed E-state index contributed by atoms with van der Waals surface area (Å²) in [6.07, 6.45) is -2.84. The van der Waals surface area contributed by atoms with Crippen LogP contribution in [0.1, 0.15) is 16.8 Å². The minimum atomic E-state index is -4.35. The highest BCUT2D eigenvalue weighted by Crippen LogP contribution is 2.34. The number of nitrogens with zero attached hydrogens (tertiary/aromatic N) is 2. The molecule has 0 atom stereocenters. The molecule has 108 valence electrons. The fraction of sp³-hybridized carbons (Fsp3) is 0.308. The van der Waals surface area contributed by atoms with Crippen LogP contribution in [0.4, 0.5) is 13.2 Å². The summed E-state index contributed by atoms with van der Waals surface area (Å²) in [7, 11) is 1.72. The first-order valence-electron chi connectivity index (χ1n) is 5.83. The number of aliphatic hydroxyl groups excluding tert-OH is 1. The first-order chi connectivity index (χ1) is 9.43. The molecule has 1 aromatic heterocycles. The second kappa shape index (κ2) is 5.88. The van der Waals surface area contributed by atoms with E-state index in [1.54, 1.807) is 17.7 Å². The number of alkyl halides is 3. The molecular formula is C13H13F3N2OS. The molecule has 0 saturated carbocycles. The van der Waals surface area contributed by atoms with Crippen molar-refractivity contribution in [3.8, 4) is 0 Å². The second-order valence-corrected chi connectivity index (χ2v) is 5.14. The van der Waals surface area contributed by atoms with E-state index >= 15 is 0 Å². The largest absolute Gasteiger partial charge is 0.416 e. The lowest BCUT2D eigenvalue weighted by atomic mass is 10.1. The molecule has 0 saturated heterocycles. The standard InChI is InChI=1S/C13H13F3N2OS/c1-18-10(7-19)6-17-12(18)20-8-9-4-2-3-5-11(9)13(14,15)16/h2-6,19H,7-8H2,1H3. The maximum Gasteiger partial charge on any atom is 0.416 e. The number of aromatic nitrogens is 2. The third kappa shape index (κ3) is 3.16. The lowest BCUT2D eigenvalue weighted by Gasteiger charge is -2.12. The molecule has 0 aliphatic heterocycles. The van der Waals surface area contributed by atoms with Crippen molar-refractivity contribution in [3.05, 3.63) is 47.3 Å². The van der Waals surface area contributed by atoms with Crippen LogP contribution in [0.2, 0.25) is 0 Å². The zero-order valence-corrected chi connectivity index (χ0v) is 11.5. The van der Waals surface area contributed by atoms with E-state index in [1.165, 1.54) is 30.1 Å². The molecule has 0 fully saturated rings. The predicted octanol–water partition coefficient (Wildman–Crippen LogP) is 3.22. The molecular weight excluding hydrogens is 289 g/mol. The van der Waals surface area contributed by atoms with Crippen molar-refractivity contribution in [3.63, 3.8) is 0 Å². The first-order valence-corrected chi connectivity index (χ1v) is 6.81. The Morgan fingerprint density at radius 3 is 2.60 bits per heavy atom. The predicted molar refractivity (Wildman–Crippen MR) is 70.1 cm³/mol. The number of hydrogen-bond donors (Lipinski definition) is 1. The van der Waals surface area contributed by atoms with Crippen LogP contribution in [0.15, 0.2) is 35.6 Å². The minimum absolute atomic E-state index is 0.150. The molecule has 20 heavy (non-hydrogen) atoms. The minimum Gasteiger partial charge on any atom is -0.390 e. The zero-order chi connectivity index (χ0) is 14.8. The Hall–Kier alpha value is -1.47. The third-order valence-electron chi connectivity index (χ3n) is 2.88. The summed E-state index contributed by atoms with van der Waals surface area (Å²) in [4.78, 5) is 4.08. The number of imidazole rings is 1. The van der Waals surface area contributed by atoms with Gasteiger partial charge in [-0.3, -0.25) is 0 Å². The maximum absolute atomic E-state index is 12.8. The van der Waals surface area contributed by atoms with Crippen LogP contribution < -0.4 is 0 Å². The average molecular weight is 302 g/mol. The summed E-state index contributed by atoms with van der Waals surface area (Å²) in [5.41, 5.74) is 0.222. The van der Waals surface area contributed by atoms with E-state index in [2.05, 4.69) is 4.98 Å². The molecule has 0 aliphatic carbocycles. The Balaban J connectivity index is 2.17. The molecule has 0 spiro atoms. The van der Waals surface area contributed by atoms with E-state index in [-0.39, 0.29) is 17.9 Å². The van der Waals surface area contributed by atoms with Gasteiger partial charge in [-0.05, 0) is 11.6 Å². The number of thioether (sulfide) groups is 1. The van der Waals surface area contributed by atoms with Gasteiger partial charge in [-0.2, -0.15) is 13.2 Å². The quantitative estimate of drug-likeness (QED) is 0.881. The fourth-order valence-electron chi connectivity index (χ4n) is 1.77. The summed E-state index contributed by atoms with van der Waals surface area (Å²) in [5.74, 6) is 0.172. The molecule has 2 rings (SSSR count). The summed E-state index contributed by atoms with van der Waals surface area (Å²) < 4.78 is 40.2. The lowest BCUT2D eigenvalue weighted by Crippen LogP contribution is -2.08. The van der Waals surface area contributed by atoms with Gasteiger partial charge in [0.15, 0.2) is 5.16 Å². The first kappa shape index (κ1) is 14.9. The van der Waals surface area contributed by atoms with Crippen LogP contribution in [-0.2, 0) is 25.6 Å². The van der Waals surface area contributed by atoms with Gasteiger partial charge in [-0.25, -0.2) is 4.98 Å². The van der Waals surface area contributed by atoms with Gasteiger partial charge in [-0.1, -0.05) is 30.0 Å². The monoisotopic (exact) mass is 302 g/mol. The molecule has 0 aliphatic rings. The van der Waals surface area contributed by atoms with Crippen molar-refractivity contribution in [2.45, 2.75) is 23.7 Å². The van der Waals surface area contributed by atoms with Crippen molar-refractivity contribution in [1.29, 1.82) is 0 Å². The SMILES string of the molecule is Cn1c(CO)cnc1SCc1ccccc1C(F)(F)F. The van der Waals surface area contributed by atoms with E-state index in [1.807, 2.05) is 0 Å². The Morgan fingerprint density at radius 1 is 1.30 bits per heavy atom. The van der Waals surface area contributed by atoms with Crippen LogP contribution in [0.3, 0.4) is 0 Å². The molecule has 1 aromatic carbocycles. The molecule has 0 unspecified atom stereocenters. The molecule has 0 bridgehead atoms. The normalized spacial score (nSPS) is 11.8. The Morgan fingerprint density at radius 2 is 2.00 bits per heavy atom. The number of aliphatic hydroxyl groups is 1. The van der Waals surface area contributed by atoms with E-state index in [4.69, 9.17) is 5.11 Å². The highest BCUT2D eigenvalue weighted by Gasteiger charge is 2.32. The zero-order valence-electron chi connectivity index (χ0n) is 10.7. The van der Waals surface area contributed by atoms with Crippen LogP contribution in [0.5, 0.6) is 0 Å². The van der Waals surface area contributed by atoms with Gasteiger partial charge in [0.2, 0.25) is 0 Å². The summed E-state index contributed by atoms with van der Waals surface area (Å²) in [6, 6.07) is 5.50. The second-order valence-electron chi connectivity index (χ2n) is 4.19. The number of rotatable bonds is 4. The molecule has 1 heterocycles. The number of benzene rings is 1. The van der Waals surface area contributed by atoms with E-state index in [0.29, 0.717) is 10.9 Å². The van der Waals surface area contributed by atoms with Gasteiger partial charge >= 0.3 is 6.18 Å². The summed E-state index contributed by atoms with van der Waals surface area (Å²) in [6.45, 7) is -0.150. The topological polar surface area (TPSA) is 38.0 Å². The fourth-order valence-corrected chi connectivity index (χ4v) is 2.75. The van der Waals surface area contributed by atoms with E-state index in [9.17, 15) is 13.2 Å². The van der Waals surface area contributed by atoms with E-state index < -0.39 is 11.7 Å². The highest BCUT2D eigenvalue weighted by atomic mass is 32.2. The highest BCUT2D eigenvalue weighted by molar-refractivity contribution is 7.98. The van der Waals surface area contributed by atoms with Crippen molar-refractivity contribution in [1.82, 2.24) is 9.55 Å². The van der Waals surface area contributed by atoms with Gasteiger partial charge in [0, 0.05) is 12.8 Å². The van der Waals surface area contributed by atoms with Crippen LogP contribution in [-0.4, -0.2) is 14.7 Å². The van der Waals surface area contributed by atoms with Gasteiger partial charge < -0.3 is 9.67 Å².